The van der Waals surface area contributed by atoms with Crippen LogP contribution in [-0.4, -0.2) is 36.7 Å². The molecule has 6 heteroatoms. The van der Waals surface area contributed by atoms with Crippen molar-refractivity contribution < 1.29 is 8.42 Å². The summed E-state index contributed by atoms with van der Waals surface area (Å²) in [4.78, 5) is 0. The molecule has 0 aromatic rings. The Kier molecular flexibility index (Phi) is 2.15. The lowest BCUT2D eigenvalue weighted by molar-refractivity contribution is 0.293. The molecule has 1 saturated heterocycles. The highest BCUT2D eigenvalue weighted by atomic mass is 32.2. The molecule has 0 radical (unpaired) electrons. The van der Waals surface area contributed by atoms with Crippen molar-refractivity contribution >= 4 is 10.0 Å². The van der Waals surface area contributed by atoms with Gasteiger partial charge >= 0.3 is 0 Å². The van der Waals surface area contributed by atoms with E-state index < -0.39 is 10.0 Å². The highest BCUT2D eigenvalue weighted by molar-refractivity contribution is 7.89. The van der Waals surface area contributed by atoms with Gasteiger partial charge in [-0.3, -0.25) is 0 Å². The highest BCUT2D eigenvalue weighted by Crippen LogP contribution is 2.39. The topological polar surface area (TPSA) is 62.1 Å². The van der Waals surface area contributed by atoms with Crippen LogP contribution >= 0.6 is 0 Å². The van der Waals surface area contributed by atoms with E-state index in [1.165, 1.54) is 0 Å². The number of sulfonamides is 1. The van der Waals surface area contributed by atoms with Crippen molar-refractivity contribution in [3.05, 3.63) is 0 Å². The first-order valence-corrected chi connectivity index (χ1v) is 6.40. The van der Waals surface area contributed by atoms with Crippen molar-refractivity contribution in [3.8, 4) is 0 Å². The lowest BCUT2D eigenvalue weighted by Crippen LogP contribution is -2.44. The number of rotatable bonds is 2. The van der Waals surface area contributed by atoms with Gasteiger partial charge in [0, 0.05) is 25.9 Å². The first-order chi connectivity index (χ1) is 6.46. The van der Waals surface area contributed by atoms with Crippen LogP contribution in [0.1, 0.15) is 26.7 Å². The van der Waals surface area contributed by atoms with Crippen LogP contribution in [0.15, 0.2) is 10.2 Å². The molecule has 2 aliphatic heterocycles. The smallest absolute Gasteiger partial charge is 0.212 e. The standard InChI is InChI=1S/C8H15N3O2S/c1-7(2)14(12,13)11-5-3-8(4-6-11)9-10-8/h7H,3-6H2,1-2H3. The van der Waals surface area contributed by atoms with E-state index in [1.807, 2.05) is 0 Å². The van der Waals surface area contributed by atoms with Crippen molar-refractivity contribution in [3.63, 3.8) is 0 Å². The molecule has 80 valence electrons. The Hall–Kier alpha value is -0.490. The van der Waals surface area contributed by atoms with Crippen molar-refractivity contribution in [2.45, 2.75) is 37.6 Å². The van der Waals surface area contributed by atoms with E-state index in [2.05, 4.69) is 10.2 Å². The molecule has 0 N–H and O–H groups in total. The molecule has 0 atom stereocenters. The molecule has 0 saturated carbocycles. The fourth-order valence-corrected chi connectivity index (χ4v) is 2.96. The minimum Gasteiger partial charge on any atom is -0.212 e. The summed E-state index contributed by atoms with van der Waals surface area (Å²) in [5, 5.41) is 7.59. The molecule has 5 nitrogen and oxygen atoms in total. The van der Waals surface area contributed by atoms with Crippen molar-refractivity contribution in [2.24, 2.45) is 10.2 Å². The molecule has 1 spiro atoms. The second kappa shape index (κ2) is 3.00. The van der Waals surface area contributed by atoms with Crippen molar-refractivity contribution in [1.29, 1.82) is 0 Å². The highest BCUT2D eigenvalue weighted by Gasteiger charge is 2.45. The van der Waals surface area contributed by atoms with Gasteiger partial charge in [0.1, 0.15) is 0 Å². The minimum atomic E-state index is -3.07. The molecule has 14 heavy (non-hydrogen) atoms. The van der Waals surface area contributed by atoms with Crippen molar-refractivity contribution in [1.82, 2.24) is 4.31 Å². The van der Waals surface area contributed by atoms with Crippen LogP contribution in [0.4, 0.5) is 0 Å². The van der Waals surface area contributed by atoms with E-state index in [4.69, 9.17) is 0 Å². The Balaban J connectivity index is 2.01. The zero-order chi connectivity index (χ0) is 10.4. The van der Waals surface area contributed by atoms with Crippen molar-refractivity contribution in [2.75, 3.05) is 13.1 Å². The summed E-state index contributed by atoms with van der Waals surface area (Å²) < 4.78 is 25.1. The van der Waals surface area contributed by atoms with E-state index in [0.717, 1.165) is 12.8 Å². The summed E-state index contributed by atoms with van der Waals surface area (Å²) in [5.41, 5.74) is -0.191. The van der Waals surface area contributed by atoms with Crippen LogP contribution in [0.3, 0.4) is 0 Å². The Morgan fingerprint density at radius 2 is 1.71 bits per heavy atom. The summed E-state index contributed by atoms with van der Waals surface area (Å²) in [7, 11) is -3.07. The van der Waals surface area contributed by atoms with Crippen LogP contribution in [0.2, 0.25) is 0 Å². The molecule has 0 aliphatic carbocycles. The molecule has 0 bridgehead atoms. The van der Waals surface area contributed by atoms with Gasteiger partial charge in [0.25, 0.3) is 0 Å². The number of nitrogens with zero attached hydrogens (tertiary/aromatic N) is 3. The van der Waals surface area contributed by atoms with Gasteiger partial charge in [-0.25, -0.2) is 12.7 Å². The van der Waals surface area contributed by atoms with Gasteiger partial charge in [0.05, 0.1) is 5.25 Å². The molecule has 0 aromatic heterocycles. The monoisotopic (exact) mass is 217 g/mol. The Bertz CT molecular complexity index is 345. The van der Waals surface area contributed by atoms with E-state index in [1.54, 1.807) is 18.2 Å². The van der Waals surface area contributed by atoms with Crippen LogP contribution in [0.5, 0.6) is 0 Å². The molecular formula is C8H15N3O2S. The first kappa shape index (κ1) is 10.0. The normalized spacial score (nSPS) is 25.9. The summed E-state index contributed by atoms with van der Waals surface area (Å²) in [5.74, 6) is 0. The van der Waals surface area contributed by atoms with Gasteiger partial charge in [0.2, 0.25) is 10.0 Å². The zero-order valence-corrected chi connectivity index (χ0v) is 9.29. The predicted molar refractivity (Wildman–Crippen MR) is 52.4 cm³/mol. The maximum Gasteiger partial charge on any atom is 0.216 e. The minimum absolute atomic E-state index is 0.191. The summed E-state index contributed by atoms with van der Waals surface area (Å²) >= 11 is 0. The Labute approximate surface area is 84.2 Å². The van der Waals surface area contributed by atoms with Gasteiger partial charge in [-0.05, 0) is 13.8 Å². The molecule has 0 amide bonds. The molecule has 0 unspecified atom stereocenters. The van der Waals surface area contributed by atoms with Gasteiger partial charge < -0.3 is 0 Å². The second-order valence-corrected chi connectivity index (χ2v) is 6.66. The molecule has 0 aromatic carbocycles. The molecule has 2 rings (SSSR count). The third-order valence-corrected chi connectivity index (χ3v) is 5.14. The average Bonchev–Trinajstić information content (AvgIpc) is 2.86. The lowest BCUT2D eigenvalue weighted by Gasteiger charge is -2.30. The molecule has 2 heterocycles. The molecular weight excluding hydrogens is 202 g/mol. The third-order valence-electron chi connectivity index (χ3n) is 2.86. The Morgan fingerprint density at radius 1 is 1.21 bits per heavy atom. The number of hydrogen-bond donors (Lipinski definition) is 0. The third kappa shape index (κ3) is 1.56. The average molecular weight is 217 g/mol. The fraction of sp³-hybridized carbons (Fsp3) is 1.00. The quantitative estimate of drug-likeness (QED) is 0.692. The van der Waals surface area contributed by atoms with Gasteiger partial charge in [-0.15, -0.1) is 0 Å². The van der Waals surface area contributed by atoms with Crippen LogP contribution < -0.4 is 0 Å². The van der Waals surface area contributed by atoms with E-state index in [9.17, 15) is 8.42 Å². The maximum absolute atomic E-state index is 11.8. The van der Waals surface area contributed by atoms with E-state index >= 15 is 0 Å². The summed E-state index contributed by atoms with van der Waals surface area (Å²) in [6, 6.07) is 0. The fourth-order valence-electron chi connectivity index (χ4n) is 1.67. The number of piperidine rings is 1. The molecule has 2 aliphatic rings. The number of hydrogen-bond acceptors (Lipinski definition) is 4. The summed E-state index contributed by atoms with van der Waals surface area (Å²) in [6.45, 7) is 4.55. The van der Waals surface area contributed by atoms with Crippen LogP contribution in [0, 0.1) is 0 Å². The van der Waals surface area contributed by atoms with E-state index in [0.29, 0.717) is 13.1 Å². The van der Waals surface area contributed by atoms with Crippen LogP contribution in [0.25, 0.3) is 0 Å². The molecule has 1 fully saturated rings. The second-order valence-electron chi connectivity index (χ2n) is 4.18. The first-order valence-electron chi connectivity index (χ1n) is 4.89. The van der Waals surface area contributed by atoms with Gasteiger partial charge in [-0.1, -0.05) is 0 Å². The van der Waals surface area contributed by atoms with Gasteiger partial charge in [0.15, 0.2) is 5.66 Å². The SMILES string of the molecule is CC(C)S(=O)(=O)N1CCC2(CC1)N=N2. The lowest BCUT2D eigenvalue weighted by atomic mass is 10.0. The summed E-state index contributed by atoms with van der Waals surface area (Å²) in [6.07, 6.45) is 1.50. The zero-order valence-electron chi connectivity index (χ0n) is 8.47. The van der Waals surface area contributed by atoms with Gasteiger partial charge in [-0.2, -0.15) is 10.2 Å². The van der Waals surface area contributed by atoms with Crippen LogP contribution in [-0.2, 0) is 10.0 Å². The predicted octanol–water partition coefficient (Wildman–Crippen LogP) is 0.983. The Morgan fingerprint density at radius 3 is 2.07 bits per heavy atom. The van der Waals surface area contributed by atoms with E-state index in [-0.39, 0.29) is 10.9 Å². The largest absolute Gasteiger partial charge is 0.216 e. The maximum atomic E-state index is 11.8.